The van der Waals surface area contributed by atoms with E-state index in [4.69, 9.17) is 16.0 Å². The molecule has 0 saturated heterocycles. The third kappa shape index (κ3) is 5.05. The highest BCUT2D eigenvalue weighted by Crippen LogP contribution is 2.27. The second-order valence-corrected chi connectivity index (χ2v) is 8.37. The SMILES string of the molecule is Cc1cnc(Nc2ccnn2C)nc1-c1coc(C(=O)N[C@H](CO)c2ccc(Cl)c(Br)c2)n1. The zero-order valence-corrected chi connectivity index (χ0v) is 19.9. The molecule has 3 heterocycles. The zero-order valence-electron chi connectivity index (χ0n) is 17.6. The fraction of sp³-hybridized carbons (Fsp3) is 0.190. The number of anilines is 2. The molecule has 0 saturated carbocycles. The Kier molecular flexibility index (Phi) is 6.72. The standard InChI is InChI=1S/C21H19BrClN7O3/c1-11-8-24-21(28-17-5-6-25-30(17)2)29-18(11)16-10-33-20(27-16)19(32)26-15(9-31)12-3-4-14(23)13(22)7-12/h3-8,10,15,31H,9H2,1-2H3,(H,26,32)(H,24,28,29)/t15-/m1/s1. The van der Waals surface area contributed by atoms with E-state index < -0.39 is 11.9 Å². The van der Waals surface area contributed by atoms with Gasteiger partial charge in [0.2, 0.25) is 5.95 Å². The number of amides is 1. The number of aromatic nitrogens is 5. The van der Waals surface area contributed by atoms with Gasteiger partial charge in [-0.3, -0.25) is 9.48 Å². The van der Waals surface area contributed by atoms with Crippen LogP contribution in [-0.2, 0) is 7.05 Å². The first-order chi connectivity index (χ1) is 15.9. The fourth-order valence-electron chi connectivity index (χ4n) is 3.04. The Morgan fingerprint density at radius 3 is 2.85 bits per heavy atom. The number of rotatable bonds is 7. The highest BCUT2D eigenvalue weighted by molar-refractivity contribution is 9.10. The second kappa shape index (κ2) is 9.69. The van der Waals surface area contributed by atoms with Crippen LogP contribution in [0.1, 0.15) is 27.9 Å². The summed E-state index contributed by atoms with van der Waals surface area (Å²) in [6.45, 7) is 1.51. The molecule has 1 amide bonds. The van der Waals surface area contributed by atoms with Crippen molar-refractivity contribution in [1.29, 1.82) is 0 Å². The molecule has 10 nitrogen and oxygen atoms in total. The maximum Gasteiger partial charge on any atom is 0.307 e. The van der Waals surface area contributed by atoms with Gasteiger partial charge in [0.15, 0.2) is 0 Å². The van der Waals surface area contributed by atoms with Crippen LogP contribution in [0.4, 0.5) is 11.8 Å². The van der Waals surface area contributed by atoms with E-state index >= 15 is 0 Å². The van der Waals surface area contributed by atoms with Gasteiger partial charge in [-0.2, -0.15) is 5.10 Å². The minimum Gasteiger partial charge on any atom is -0.440 e. The Labute approximate surface area is 202 Å². The van der Waals surface area contributed by atoms with Crippen LogP contribution in [0, 0.1) is 6.92 Å². The number of carbonyl (C=O) groups is 1. The molecule has 0 radical (unpaired) electrons. The molecule has 0 unspecified atom stereocenters. The van der Waals surface area contributed by atoms with Crippen molar-refractivity contribution in [2.24, 2.45) is 7.05 Å². The lowest BCUT2D eigenvalue weighted by atomic mass is 10.1. The molecule has 12 heteroatoms. The monoisotopic (exact) mass is 531 g/mol. The Hall–Kier alpha value is -3.28. The van der Waals surface area contributed by atoms with E-state index in [1.165, 1.54) is 6.26 Å². The lowest BCUT2D eigenvalue weighted by Crippen LogP contribution is -2.31. The molecule has 0 spiro atoms. The van der Waals surface area contributed by atoms with Crippen LogP contribution in [0.15, 0.2) is 51.8 Å². The van der Waals surface area contributed by atoms with E-state index in [1.54, 1.807) is 48.4 Å². The molecule has 4 aromatic rings. The molecule has 0 aliphatic heterocycles. The molecule has 3 aromatic heterocycles. The molecule has 1 aromatic carbocycles. The number of hydrogen-bond donors (Lipinski definition) is 3. The van der Waals surface area contributed by atoms with Crippen LogP contribution in [0.5, 0.6) is 0 Å². The Bertz CT molecular complexity index is 1310. The number of nitrogens with one attached hydrogen (secondary N) is 2. The average Bonchev–Trinajstić information content (AvgIpc) is 3.45. The predicted molar refractivity (Wildman–Crippen MR) is 125 cm³/mol. The van der Waals surface area contributed by atoms with E-state index in [9.17, 15) is 9.90 Å². The van der Waals surface area contributed by atoms with Crippen LogP contribution in [-0.4, -0.2) is 42.4 Å². The van der Waals surface area contributed by atoms with Crippen LogP contribution in [0.2, 0.25) is 5.02 Å². The molecule has 3 N–H and O–H groups in total. The van der Waals surface area contributed by atoms with Gasteiger partial charge in [0.05, 0.1) is 23.9 Å². The molecular formula is C21H19BrClN7O3. The van der Waals surface area contributed by atoms with Gasteiger partial charge < -0.3 is 20.2 Å². The van der Waals surface area contributed by atoms with Crippen molar-refractivity contribution in [3.63, 3.8) is 0 Å². The van der Waals surface area contributed by atoms with Gasteiger partial charge in [-0.1, -0.05) is 17.7 Å². The predicted octanol–water partition coefficient (Wildman–Crippen LogP) is 3.80. The molecule has 33 heavy (non-hydrogen) atoms. The molecule has 0 aliphatic rings. The Balaban J connectivity index is 1.53. The quantitative estimate of drug-likeness (QED) is 0.328. The number of halogens is 2. The van der Waals surface area contributed by atoms with E-state index in [-0.39, 0.29) is 12.5 Å². The number of hydrogen-bond acceptors (Lipinski definition) is 8. The van der Waals surface area contributed by atoms with E-state index in [0.717, 1.165) is 5.56 Å². The van der Waals surface area contributed by atoms with Crippen molar-refractivity contribution in [3.8, 4) is 11.4 Å². The van der Waals surface area contributed by atoms with Crippen LogP contribution in [0.25, 0.3) is 11.4 Å². The van der Waals surface area contributed by atoms with Crippen molar-refractivity contribution < 1.29 is 14.3 Å². The molecule has 0 bridgehead atoms. The maximum absolute atomic E-state index is 12.7. The Morgan fingerprint density at radius 2 is 2.15 bits per heavy atom. The molecule has 0 aliphatic carbocycles. The van der Waals surface area contributed by atoms with E-state index in [1.807, 2.05) is 6.92 Å². The first-order valence-electron chi connectivity index (χ1n) is 9.77. The minimum atomic E-state index is -0.670. The molecule has 1 atom stereocenters. The number of aliphatic hydroxyl groups is 1. The summed E-state index contributed by atoms with van der Waals surface area (Å²) in [4.78, 5) is 25.8. The van der Waals surface area contributed by atoms with Gasteiger partial charge in [-0.15, -0.1) is 0 Å². The molecular weight excluding hydrogens is 514 g/mol. The summed E-state index contributed by atoms with van der Waals surface area (Å²) in [7, 11) is 1.79. The number of aliphatic hydroxyl groups excluding tert-OH is 1. The summed E-state index contributed by atoms with van der Waals surface area (Å²) < 4.78 is 7.70. The summed E-state index contributed by atoms with van der Waals surface area (Å²) in [6, 6.07) is 6.24. The molecule has 4 rings (SSSR count). The normalized spacial score (nSPS) is 11.9. The van der Waals surface area contributed by atoms with Crippen molar-refractivity contribution in [2.45, 2.75) is 13.0 Å². The lowest BCUT2D eigenvalue weighted by molar-refractivity contribution is 0.0881. The molecule has 0 fully saturated rings. The lowest BCUT2D eigenvalue weighted by Gasteiger charge is -2.16. The number of carbonyl (C=O) groups excluding carboxylic acids is 1. The smallest absolute Gasteiger partial charge is 0.307 e. The van der Waals surface area contributed by atoms with Gasteiger partial charge >= 0.3 is 5.91 Å². The van der Waals surface area contributed by atoms with E-state index in [0.29, 0.717) is 38.2 Å². The minimum absolute atomic E-state index is 0.157. The van der Waals surface area contributed by atoms with Crippen molar-refractivity contribution in [2.75, 3.05) is 11.9 Å². The number of aryl methyl sites for hydroxylation is 2. The number of benzene rings is 1. The van der Waals surface area contributed by atoms with Crippen LogP contribution in [0.3, 0.4) is 0 Å². The third-order valence-corrected chi connectivity index (χ3v) is 6.02. The largest absolute Gasteiger partial charge is 0.440 e. The van der Waals surface area contributed by atoms with Gasteiger partial charge in [-0.05, 0) is 46.1 Å². The van der Waals surface area contributed by atoms with Gasteiger partial charge in [0.1, 0.15) is 23.5 Å². The summed E-state index contributed by atoms with van der Waals surface area (Å²) in [5.41, 5.74) is 2.32. The van der Waals surface area contributed by atoms with E-state index in [2.05, 4.69) is 46.6 Å². The number of oxazole rings is 1. The van der Waals surface area contributed by atoms with Crippen LogP contribution < -0.4 is 10.6 Å². The van der Waals surface area contributed by atoms with Crippen molar-refractivity contribution >= 4 is 45.2 Å². The summed E-state index contributed by atoms with van der Waals surface area (Å²) in [5.74, 6) is 0.331. The average molecular weight is 533 g/mol. The highest BCUT2D eigenvalue weighted by Gasteiger charge is 2.21. The van der Waals surface area contributed by atoms with Gasteiger partial charge in [0, 0.05) is 23.8 Å². The van der Waals surface area contributed by atoms with Gasteiger partial charge in [-0.25, -0.2) is 15.0 Å². The zero-order chi connectivity index (χ0) is 23.5. The highest BCUT2D eigenvalue weighted by atomic mass is 79.9. The summed E-state index contributed by atoms with van der Waals surface area (Å²) in [5, 5.41) is 20.2. The summed E-state index contributed by atoms with van der Waals surface area (Å²) >= 11 is 9.36. The number of nitrogens with zero attached hydrogens (tertiary/aromatic N) is 5. The third-order valence-electron chi connectivity index (χ3n) is 4.81. The Morgan fingerprint density at radius 1 is 1.33 bits per heavy atom. The van der Waals surface area contributed by atoms with Crippen LogP contribution >= 0.6 is 27.5 Å². The molecule has 170 valence electrons. The van der Waals surface area contributed by atoms with Crippen molar-refractivity contribution in [1.82, 2.24) is 30.0 Å². The first kappa shape index (κ1) is 22.9. The van der Waals surface area contributed by atoms with Crippen molar-refractivity contribution in [3.05, 3.63) is 69.4 Å². The first-order valence-corrected chi connectivity index (χ1v) is 10.9. The fourth-order valence-corrected chi connectivity index (χ4v) is 3.56. The maximum atomic E-state index is 12.7. The summed E-state index contributed by atoms with van der Waals surface area (Å²) in [6.07, 6.45) is 4.66. The topological polar surface area (TPSA) is 131 Å². The van der Waals surface area contributed by atoms with Gasteiger partial charge in [0.25, 0.3) is 5.89 Å². The second-order valence-electron chi connectivity index (χ2n) is 7.11.